The smallest absolute Gasteiger partial charge is 0.322 e. The molecule has 1 aromatic heterocycles. The van der Waals surface area contributed by atoms with Crippen molar-refractivity contribution in [3.8, 4) is 16.9 Å². The number of anilines is 2. The topological polar surface area (TPSA) is 79.4 Å². The maximum Gasteiger partial charge on any atom is 0.322 e. The van der Waals surface area contributed by atoms with Gasteiger partial charge in [-0.25, -0.2) is 9.48 Å². The first-order chi connectivity index (χ1) is 16.1. The molecule has 0 radical (unpaired) electrons. The molecular weight excluding hydrogens is 436 g/mol. The molecule has 2 aromatic carbocycles. The van der Waals surface area contributed by atoms with E-state index in [4.69, 9.17) is 22.4 Å². The number of hydrogen-bond acceptors (Lipinski definition) is 4. The highest BCUT2D eigenvalue weighted by molar-refractivity contribution is 6.30. The van der Waals surface area contributed by atoms with Crippen LogP contribution in [0.3, 0.4) is 0 Å². The Morgan fingerprint density at radius 1 is 0.970 bits per heavy atom. The van der Waals surface area contributed by atoms with Gasteiger partial charge in [0, 0.05) is 42.8 Å². The van der Waals surface area contributed by atoms with Crippen molar-refractivity contribution in [2.24, 2.45) is 0 Å². The number of hydrogen-bond donors (Lipinski definition) is 2. The van der Waals surface area contributed by atoms with Gasteiger partial charge in [-0.2, -0.15) is 5.10 Å². The maximum atomic E-state index is 13.2. The van der Waals surface area contributed by atoms with Gasteiger partial charge in [0.05, 0.1) is 5.69 Å². The van der Waals surface area contributed by atoms with E-state index in [1.165, 1.54) is 25.7 Å². The number of benzene rings is 2. The van der Waals surface area contributed by atoms with E-state index in [0.717, 1.165) is 24.3 Å². The van der Waals surface area contributed by atoms with Gasteiger partial charge in [-0.3, -0.25) is 4.90 Å². The van der Waals surface area contributed by atoms with Gasteiger partial charge in [-0.05, 0) is 37.1 Å². The summed E-state index contributed by atoms with van der Waals surface area (Å²) in [5.74, 6) is 0.393. The van der Waals surface area contributed by atoms with Crippen LogP contribution in [-0.2, 0) is 0 Å². The van der Waals surface area contributed by atoms with Crippen LogP contribution in [0.1, 0.15) is 25.7 Å². The Hall–Kier alpha value is -3.03. The minimum Gasteiger partial charge on any atom is -0.382 e. The van der Waals surface area contributed by atoms with Crippen molar-refractivity contribution in [1.82, 2.24) is 19.6 Å². The summed E-state index contributed by atoms with van der Waals surface area (Å²) in [5, 5.41) is 8.45. The van der Waals surface area contributed by atoms with Crippen molar-refractivity contribution in [3.05, 3.63) is 59.6 Å². The third-order valence-corrected chi connectivity index (χ3v) is 6.97. The van der Waals surface area contributed by atoms with Gasteiger partial charge in [0.1, 0.15) is 11.4 Å². The number of nitrogens with zero attached hydrogens (tertiary/aromatic N) is 4. The highest BCUT2D eigenvalue weighted by Crippen LogP contribution is 2.35. The molecule has 0 atom stereocenters. The van der Waals surface area contributed by atoms with Crippen LogP contribution < -0.4 is 11.1 Å². The Balaban J connectivity index is 1.39. The first-order valence-electron chi connectivity index (χ1n) is 11.6. The first kappa shape index (κ1) is 21.8. The zero-order chi connectivity index (χ0) is 22.8. The molecule has 7 nitrogen and oxygen atoms in total. The highest BCUT2D eigenvalue weighted by atomic mass is 35.5. The fourth-order valence-electron chi connectivity index (χ4n) is 4.88. The van der Waals surface area contributed by atoms with Crippen LogP contribution in [0.4, 0.5) is 16.3 Å². The average Bonchev–Trinajstić information content (AvgIpc) is 3.50. The van der Waals surface area contributed by atoms with Gasteiger partial charge >= 0.3 is 6.03 Å². The quantitative estimate of drug-likeness (QED) is 0.577. The summed E-state index contributed by atoms with van der Waals surface area (Å²) < 4.78 is 1.66. The molecule has 0 spiro atoms. The summed E-state index contributed by atoms with van der Waals surface area (Å²) in [5.41, 5.74) is 9.32. The standard InChI is InChI=1S/C25H29ClN6O/c26-19-12-10-18(11-13-19)22-23(24(27)32(29-22)21-8-2-1-3-9-21)28-25(33)31-16-14-30(15-17-31)20-6-4-5-7-20/h1-3,8-13,20H,4-7,14-17,27H2,(H,28,33). The summed E-state index contributed by atoms with van der Waals surface area (Å²) in [6.45, 7) is 3.26. The molecule has 3 aromatic rings. The summed E-state index contributed by atoms with van der Waals surface area (Å²) in [6.07, 6.45) is 5.21. The van der Waals surface area contributed by atoms with E-state index in [0.29, 0.717) is 41.4 Å². The molecule has 5 rings (SSSR count). The number of nitrogens with one attached hydrogen (secondary N) is 1. The molecule has 1 aliphatic heterocycles. The Labute approximate surface area is 199 Å². The molecule has 2 aliphatic rings. The molecule has 1 saturated carbocycles. The summed E-state index contributed by atoms with van der Waals surface area (Å²) in [7, 11) is 0. The number of carbonyl (C=O) groups excluding carboxylic acids is 1. The number of amides is 2. The Morgan fingerprint density at radius 3 is 2.30 bits per heavy atom. The second-order valence-electron chi connectivity index (χ2n) is 8.75. The third kappa shape index (κ3) is 4.56. The number of rotatable bonds is 4. The lowest BCUT2D eigenvalue weighted by Crippen LogP contribution is -2.52. The molecule has 2 fully saturated rings. The van der Waals surface area contributed by atoms with Crippen LogP contribution in [-0.4, -0.2) is 57.8 Å². The monoisotopic (exact) mass is 464 g/mol. The number of piperazine rings is 1. The van der Waals surface area contributed by atoms with Crippen LogP contribution >= 0.6 is 11.6 Å². The summed E-state index contributed by atoms with van der Waals surface area (Å²) in [4.78, 5) is 17.6. The number of para-hydroxylation sites is 1. The van der Waals surface area contributed by atoms with Gasteiger partial charge in [-0.15, -0.1) is 0 Å². The van der Waals surface area contributed by atoms with E-state index >= 15 is 0 Å². The molecule has 1 saturated heterocycles. The van der Waals surface area contributed by atoms with Crippen LogP contribution in [0.2, 0.25) is 5.02 Å². The van der Waals surface area contributed by atoms with Crippen LogP contribution in [0.15, 0.2) is 54.6 Å². The predicted octanol–water partition coefficient (Wildman–Crippen LogP) is 4.87. The van der Waals surface area contributed by atoms with Gasteiger partial charge in [0.2, 0.25) is 0 Å². The Kier molecular flexibility index (Phi) is 6.24. The number of nitrogens with two attached hydrogens (primary N) is 1. The van der Waals surface area contributed by atoms with Crippen molar-refractivity contribution in [2.45, 2.75) is 31.7 Å². The SMILES string of the molecule is Nc1c(NC(=O)N2CCN(C3CCCC3)CC2)c(-c2ccc(Cl)cc2)nn1-c1ccccc1. The molecule has 0 bridgehead atoms. The van der Waals surface area contributed by atoms with Crippen molar-refractivity contribution in [2.75, 3.05) is 37.2 Å². The molecule has 2 heterocycles. The maximum absolute atomic E-state index is 13.2. The van der Waals surface area contributed by atoms with Crippen molar-refractivity contribution in [1.29, 1.82) is 0 Å². The molecule has 0 unspecified atom stereocenters. The zero-order valence-electron chi connectivity index (χ0n) is 18.6. The van der Waals surface area contributed by atoms with E-state index in [1.807, 2.05) is 59.5 Å². The first-order valence-corrected chi connectivity index (χ1v) is 12.0. The zero-order valence-corrected chi connectivity index (χ0v) is 19.3. The molecule has 8 heteroatoms. The molecular formula is C25H29ClN6O. The van der Waals surface area contributed by atoms with E-state index in [9.17, 15) is 4.79 Å². The van der Waals surface area contributed by atoms with Crippen LogP contribution in [0, 0.1) is 0 Å². The fourth-order valence-corrected chi connectivity index (χ4v) is 5.00. The van der Waals surface area contributed by atoms with Gasteiger partial charge in [-0.1, -0.05) is 54.8 Å². The minimum absolute atomic E-state index is 0.143. The molecule has 3 N–H and O–H groups in total. The van der Waals surface area contributed by atoms with Gasteiger partial charge in [0.25, 0.3) is 0 Å². The van der Waals surface area contributed by atoms with Crippen LogP contribution in [0.5, 0.6) is 0 Å². The summed E-state index contributed by atoms with van der Waals surface area (Å²) in [6, 6.07) is 17.6. The normalized spacial score (nSPS) is 17.4. The molecule has 172 valence electrons. The van der Waals surface area contributed by atoms with E-state index in [1.54, 1.807) is 4.68 Å². The molecule has 1 aliphatic carbocycles. The third-order valence-electron chi connectivity index (χ3n) is 6.71. The Bertz CT molecular complexity index is 1100. The number of carbonyl (C=O) groups is 1. The number of halogens is 1. The molecule has 2 amide bonds. The van der Waals surface area contributed by atoms with Crippen molar-refractivity contribution in [3.63, 3.8) is 0 Å². The summed E-state index contributed by atoms with van der Waals surface area (Å²) >= 11 is 6.09. The lowest BCUT2D eigenvalue weighted by molar-refractivity contribution is 0.115. The minimum atomic E-state index is -0.143. The lowest BCUT2D eigenvalue weighted by atomic mass is 10.1. The van der Waals surface area contributed by atoms with Gasteiger partial charge < -0.3 is 16.0 Å². The average molecular weight is 465 g/mol. The Morgan fingerprint density at radius 2 is 1.64 bits per heavy atom. The second kappa shape index (κ2) is 9.45. The van der Waals surface area contributed by atoms with Crippen molar-refractivity contribution < 1.29 is 4.79 Å². The highest BCUT2D eigenvalue weighted by Gasteiger charge is 2.29. The van der Waals surface area contributed by atoms with E-state index < -0.39 is 0 Å². The van der Waals surface area contributed by atoms with Gasteiger partial charge in [0.15, 0.2) is 5.82 Å². The number of nitrogen functional groups attached to an aromatic ring is 1. The van der Waals surface area contributed by atoms with E-state index in [2.05, 4.69) is 10.2 Å². The fraction of sp³-hybridized carbons (Fsp3) is 0.360. The van der Waals surface area contributed by atoms with Crippen molar-refractivity contribution >= 4 is 29.1 Å². The predicted molar refractivity (Wildman–Crippen MR) is 133 cm³/mol. The van der Waals surface area contributed by atoms with Crippen LogP contribution in [0.25, 0.3) is 16.9 Å². The number of urea groups is 1. The number of aromatic nitrogens is 2. The molecule has 33 heavy (non-hydrogen) atoms. The van der Waals surface area contributed by atoms with E-state index in [-0.39, 0.29) is 6.03 Å². The second-order valence-corrected chi connectivity index (χ2v) is 9.19. The largest absolute Gasteiger partial charge is 0.382 e. The lowest BCUT2D eigenvalue weighted by Gasteiger charge is -2.38.